The minimum Gasteiger partial charge on any atom is -0.345 e. The molecule has 4 rings (SSSR count). The molecule has 2 N–H and O–H groups in total. The maximum absolute atomic E-state index is 12.9. The van der Waals surface area contributed by atoms with Crippen LogP contribution in [0.25, 0.3) is 0 Å². The van der Waals surface area contributed by atoms with Gasteiger partial charge in [0.25, 0.3) is 15.9 Å². The summed E-state index contributed by atoms with van der Waals surface area (Å²) in [5.41, 5.74) is 3.16. The molecule has 30 heavy (non-hydrogen) atoms. The molecule has 0 aliphatic heterocycles. The molecular formula is C23H21BrN2O3S. The lowest BCUT2D eigenvalue weighted by Crippen LogP contribution is -2.31. The molecule has 0 saturated heterocycles. The minimum atomic E-state index is -3.81. The minimum absolute atomic E-state index is 0.0436. The Morgan fingerprint density at radius 1 is 0.967 bits per heavy atom. The van der Waals surface area contributed by atoms with Crippen LogP contribution in [0.1, 0.15) is 40.4 Å². The van der Waals surface area contributed by atoms with E-state index in [1.54, 1.807) is 36.4 Å². The van der Waals surface area contributed by atoms with Crippen LogP contribution in [0.5, 0.6) is 0 Å². The highest BCUT2D eigenvalue weighted by Gasteiger charge is 2.23. The number of fused-ring (bicyclic) bond motifs is 1. The maximum atomic E-state index is 12.9. The lowest BCUT2D eigenvalue weighted by molar-refractivity contribution is 0.0932. The molecule has 0 fully saturated rings. The van der Waals surface area contributed by atoms with Crippen molar-refractivity contribution in [2.75, 3.05) is 4.72 Å². The van der Waals surface area contributed by atoms with Gasteiger partial charge in [-0.3, -0.25) is 9.52 Å². The van der Waals surface area contributed by atoms with Gasteiger partial charge in [-0.15, -0.1) is 0 Å². The average molecular weight is 485 g/mol. The van der Waals surface area contributed by atoms with Crippen molar-refractivity contribution in [2.45, 2.75) is 30.2 Å². The van der Waals surface area contributed by atoms with Crippen molar-refractivity contribution in [1.82, 2.24) is 5.32 Å². The van der Waals surface area contributed by atoms with Crippen LogP contribution in [-0.2, 0) is 16.4 Å². The van der Waals surface area contributed by atoms with E-state index in [0.717, 1.165) is 29.3 Å². The van der Waals surface area contributed by atoms with Gasteiger partial charge in [0.05, 0.1) is 10.9 Å². The van der Waals surface area contributed by atoms with Crippen LogP contribution >= 0.6 is 15.9 Å². The van der Waals surface area contributed by atoms with Gasteiger partial charge in [-0.25, -0.2) is 8.42 Å². The molecule has 5 nitrogen and oxygen atoms in total. The smallest absolute Gasteiger partial charge is 0.261 e. The standard InChI is InChI=1S/C23H21BrN2O3S/c24-18-11-13-19(14-12-18)26-30(28,29)20-8-3-7-17(15-20)23(27)25-22-10-4-6-16-5-1-2-9-21(16)22/h1-3,5,7-9,11-15,22,26H,4,6,10H2,(H,25,27)/t22-/m1/s1. The van der Waals surface area contributed by atoms with Crippen LogP contribution in [0, 0.1) is 0 Å². The molecule has 0 aromatic heterocycles. The van der Waals surface area contributed by atoms with E-state index >= 15 is 0 Å². The molecule has 3 aromatic carbocycles. The molecular weight excluding hydrogens is 464 g/mol. The van der Waals surface area contributed by atoms with Gasteiger partial charge in [-0.05, 0) is 72.9 Å². The van der Waals surface area contributed by atoms with Gasteiger partial charge < -0.3 is 5.32 Å². The summed E-state index contributed by atoms with van der Waals surface area (Å²) in [6.45, 7) is 0. The monoisotopic (exact) mass is 484 g/mol. The summed E-state index contributed by atoms with van der Waals surface area (Å²) in [5.74, 6) is -0.280. The Kier molecular flexibility index (Phi) is 5.92. The molecule has 0 bridgehead atoms. The predicted octanol–water partition coefficient (Wildman–Crippen LogP) is 5.06. The number of carbonyl (C=O) groups is 1. The highest BCUT2D eigenvalue weighted by Crippen LogP contribution is 2.29. The van der Waals surface area contributed by atoms with E-state index in [0.29, 0.717) is 11.3 Å². The maximum Gasteiger partial charge on any atom is 0.261 e. The first kappa shape index (κ1) is 20.6. The van der Waals surface area contributed by atoms with Gasteiger partial charge in [0.15, 0.2) is 0 Å². The van der Waals surface area contributed by atoms with E-state index in [1.165, 1.54) is 17.7 Å². The second kappa shape index (κ2) is 8.62. The van der Waals surface area contributed by atoms with Crippen LogP contribution in [0.15, 0.2) is 82.2 Å². The molecule has 1 aliphatic rings. The largest absolute Gasteiger partial charge is 0.345 e. The normalized spacial score (nSPS) is 15.8. The van der Waals surface area contributed by atoms with Crippen LogP contribution in [0.2, 0.25) is 0 Å². The third kappa shape index (κ3) is 4.57. The topological polar surface area (TPSA) is 75.3 Å². The fourth-order valence-electron chi connectivity index (χ4n) is 3.68. The summed E-state index contributed by atoms with van der Waals surface area (Å²) >= 11 is 3.32. The Morgan fingerprint density at radius 3 is 2.53 bits per heavy atom. The quantitative estimate of drug-likeness (QED) is 0.531. The van der Waals surface area contributed by atoms with Gasteiger partial charge >= 0.3 is 0 Å². The van der Waals surface area contributed by atoms with Crippen LogP contribution in [-0.4, -0.2) is 14.3 Å². The molecule has 1 aliphatic carbocycles. The van der Waals surface area contributed by atoms with Crippen molar-refractivity contribution >= 4 is 37.5 Å². The van der Waals surface area contributed by atoms with Crippen molar-refractivity contribution in [2.24, 2.45) is 0 Å². The number of aryl methyl sites for hydroxylation is 1. The fraction of sp³-hybridized carbons (Fsp3) is 0.174. The zero-order chi connectivity index (χ0) is 21.1. The van der Waals surface area contributed by atoms with Gasteiger partial charge in [-0.1, -0.05) is 46.3 Å². The number of carbonyl (C=O) groups excluding carboxylic acids is 1. The van der Waals surface area contributed by atoms with Gasteiger partial charge in [0.2, 0.25) is 0 Å². The molecule has 1 atom stereocenters. The van der Waals surface area contributed by atoms with E-state index in [1.807, 2.05) is 18.2 Å². The number of halogens is 1. The summed E-state index contributed by atoms with van der Waals surface area (Å²) in [4.78, 5) is 12.9. The molecule has 0 radical (unpaired) electrons. The molecule has 3 aromatic rings. The lowest BCUT2D eigenvalue weighted by atomic mass is 9.87. The zero-order valence-electron chi connectivity index (χ0n) is 16.1. The van der Waals surface area contributed by atoms with E-state index < -0.39 is 10.0 Å². The third-order valence-electron chi connectivity index (χ3n) is 5.18. The van der Waals surface area contributed by atoms with E-state index in [9.17, 15) is 13.2 Å². The van der Waals surface area contributed by atoms with Crippen LogP contribution in [0.3, 0.4) is 0 Å². The van der Waals surface area contributed by atoms with E-state index in [4.69, 9.17) is 0 Å². The molecule has 1 amide bonds. The molecule has 7 heteroatoms. The number of anilines is 1. The number of hydrogen-bond acceptors (Lipinski definition) is 3. The van der Waals surface area contributed by atoms with E-state index in [-0.39, 0.29) is 16.8 Å². The summed E-state index contributed by atoms with van der Waals surface area (Å²) in [7, 11) is -3.81. The second-order valence-electron chi connectivity index (χ2n) is 7.26. The first-order valence-electron chi connectivity index (χ1n) is 9.69. The zero-order valence-corrected chi connectivity index (χ0v) is 18.5. The first-order chi connectivity index (χ1) is 14.4. The average Bonchev–Trinajstić information content (AvgIpc) is 2.75. The Balaban J connectivity index is 1.53. The first-order valence-corrected chi connectivity index (χ1v) is 12.0. The Hall–Kier alpha value is -2.64. The van der Waals surface area contributed by atoms with Crippen molar-refractivity contribution in [1.29, 1.82) is 0 Å². The van der Waals surface area contributed by atoms with Crippen molar-refractivity contribution < 1.29 is 13.2 Å². The molecule has 0 saturated carbocycles. The lowest BCUT2D eigenvalue weighted by Gasteiger charge is -2.26. The summed E-state index contributed by atoms with van der Waals surface area (Å²) in [5, 5.41) is 3.07. The highest BCUT2D eigenvalue weighted by molar-refractivity contribution is 9.10. The number of benzene rings is 3. The number of sulfonamides is 1. The fourth-order valence-corrected chi connectivity index (χ4v) is 5.05. The van der Waals surface area contributed by atoms with Crippen LogP contribution in [0.4, 0.5) is 5.69 Å². The third-order valence-corrected chi connectivity index (χ3v) is 7.09. The van der Waals surface area contributed by atoms with Crippen molar-refractivity contribution in [3.8, 4) is 0 Å². The van der Waals surface area contributed by atoms with Crippen molar-refractivity contribution in [3.63, 3.8) is 0 Å². The molecule has 0 unspecified atom stereocenters. The van der Waals surface area contributed by atoms with Crippen LogP contribution < -0.4 is 10.0 Å². The Morgan fingerprint density at radius 2 is 1.73 bits per heavy atom. The number of nitrogens with one attached hydrogen (secondary N) is 2. The highest BCUT2D eigenvalue weighted by atomic mass is 79.9. The Labute approximate surface area is 184 Å². The Bertz CT molecular complexity index is 1180. The number of rotatable bonds is 5. The molecule has 154 valence electrons. The summed E-state index contributed by atoms with van der Waals surface area (Å²) in [6, 6.07) is 21.0. The summed E-state index contributed by atoms with van der Waals surface area (Å²) < 4.78 is 28.9. The number of amides is 1. The molecule has 0 heterocycles. The molecule has 0 spiro atoms. The van der Waals surface area contributed by atoms with Gasteiger partial charge in [0.1, 0.15) is 0 Å². The van der Waals surface area contributed by atoms with Gasteiger partial charge in [0, 0.05) is 15.7 Å². The predicted molar refractivity (Wildman–Crippen MR) is 121 cm³/mol. The number of hydrogen-bond donors (Lipinski definition) is 2. The van der Waals surface area contributed by atoms with E-state index in [2.05, 4.69) is 32.0 Å². The second-order valence-corrected chi connectivity index (χ2v) is 9.86. The SMILES string of the molecule is O=C(N[C@@H]1CCCc2ccccc21)c1cccc(S(=O)(=O)Nc2ccc(Br)cc2)c1. The summed E-state index contributed by atoms with van der Waals surface area (Å²) in [6.07, 6.45) is 2.89. The van der Waals surface area contributed by atoms with Gasteiger partial charge in [-0.2, -0.15) is 0 Å². The van der Waals surface area contributed by atoms with Crippen molar-refractivity contribution in [3.05, 3.63) is 94.0 Å².